The molecule has 1 aliphatic rings. The number of aromatic nitrogens is 3. The minimum absolute atomic E-state index is 0.0224. The first-order valence-electron chi connectivity index (χ1n) is 8.28. The molecule has 2 aromatic rings. The number of nitrogens with zero attached hydrogens (tertiary/aromatic N) is 2. The first-order chi connectivity index (χ1) is 12.2. The van der Waals surface area contributed by atoms with Crippen molar-refractivity contribution in [2.75, 3.05) is 5.75 Å². The highest BCUT2D eigenvalue weighted by atomic mass is 33.1. The van der Waals surface area contributed by atoms with Gasteiger partial charge in [0.2, 0.25) is 17.6 Å². The average Bonchev–Trinajstić information content (AvgIpc) is 3.29. The van der Waals surface area contributed by atoms with Gasteiger partial charge in [0.25, 0.3) is 5.56 Å². The summed E-state index contributed by atoms with van der Waals surface area (Å²) in [6.07, 6.45) is 6.48. The Morgan fingerprint density at radius 3 is 3.16 bits per heavy atom. The van der Waals surface area contributed by atoms with E-state index in [4.69, 9.17) is 4.52 Å². The lowest BCUT2D eigenvalue weighted by atomic mass is 10.1. The van der Waals surface area contributed by atoms with Crippen LogP contribution in [0.1, 0.15) is 38.0 Å². The third kappa shape index (κ3) is 5.37. The van der Waals surface area contributed by atoms with E-state index in [2.05, 4.69) is 20.4 Å². The molecule has 2 N–H and O–H groups in total. The molecule has 0 unspecified atom stereocenters. The summed E-state index contributed by atoms with van der Waals surface area (Å²) in [5.41, 5.74) is 0.0597. The smallest absolute Gasteiger partial charge is 0.259 e. The predicted octanol–water partition coefficient (Wildman–Crippen LogP) is 2.76. The van der Waals surface area contributed by atoms with Crippen LogP contribution < -0.4 is 10.9 Å². The summed E-state index contributed by atoms with van der Waals surface area (Å²) in [6.45, 7) is 0.172. The van der Waals surface area contributed by atoms with Gasteiger partial charge in [0, 0.05) is 23.6 Å². The second kappa shape index (κ2) is 9.10. The average molecular weight is 380 g/mol. The van der Waals surface area contributed by atoms with Gasteiger partial charge in [0.1, 0.15) is 0 Å². The van der Waals surface area contributed by atoms with Crippen molar-refractivity contribution in [2.24, 2.45) is 0 Å². The normalized spacial score (nSPS) is 16.9. The van der Waals surface area contributed by atoms with Gasteiger partial charge in [-0.25, -0.2) is 0 Å². The van der Waals surface area contributed by atoms with Gasteiger partial charge in [-0.05, 0) is 31.4 Å². The van der Waals surface area contributed by atoms with E-state index in [0.29, 0.717) is 12.0 Å². The Kier molecular flexibility index (Phi) is 6.57. The molecular formula is C16H20N4O3S2. The number of hydrogen-bond donors (Lipinski definition) is 2. The molecule has 7 nitrogen and oxygen atoms in total. The van der Waals surface area contributed by atoms with Crippen molar-refractivity contribution in [2.45, 2.75) is 43.9 Å². The zero-order chi connectivity index (χ0) is 17.5. The number of H-pyrrole nitrogens is 1. The van der Waals surface area contributed by atoms with Crippen molar-refractivity contribution in [3.63, 3.8) is 0 Å². The maximum absolute atomic E-state index is 11.9. The highest BCUT2D eigenvalue weighted by Crippen LogP contribution is 2.39. The van der Waals surface area contributed by atoms with Crippen molar-refractivity contribution in [3.05, 3.63) is 34.6 Å². The van der Waals surface area contributed by atoms with Gasteiger partial charge in [0.15, 0.2) is 0 Å². The summed E-state index contributed by atoms with van der Waals surface area (Å²) in [7, 11) is 3.92. The Morgan fingerprint density at radius 2 is 2.36 bits per heavy atom. The van der Waals surface area contributed by atoms with Crippen LogP contribution in [0.25, 0.3) is 11.4 Å². The molecule has 1 amide bonds. The number of carbonyl (C=O) groups is 1. The van der Waals surface area contributed by atoms with E-state index in [1.54, 1.807) is 12.1 Å². The highest BCUT2D eigenvalue weighted by molar-refractivity contribution is 8.77. The van der Waals surface area contributed by atoms with Crippen LogP contribution in [0.15, 0.2) is 27.6 Å². The standard InChI is InChI=1S/C16H20N4O3S2/c21-13(6-2-1-4-11-7-9-24-25-11)18-10-14-19-15(20-23-14)12-5-3-8-17-16(12)22/h3,5,8,11H,1-2,4,6-7,9-10H2,(H,17,22)(H,18,21)/t11-/m0/s1. The molecule has 0 saturated carbocycles. The van der Waals surface area contributed by atoms with Crippen LogP contribution >= 0.6 is 21.6 Å². The van der Waals surface area contributed by atoms with E-state index < -0.39 is 0 Å². The van der Waals surface area contributed by atoms with Gasteiger partial charge in [-0.15, -0.1) is 0 Å². The lowest BCUT2D eigenvalue weighted by Crippen LogP contribution is -2.22. The molecule has 0 spiro atoms. The summed E-state index contributed by atoms with van der Waals surface area (Å²) in [5.74, 6) is 1.73. The van der Waals surface area contributed by atoms with Crippen LogP contribution in [-0.4, -0.2) is 32.0 Å². The molecule has 134 valence electrons. The highest BCUT2D eigenvalue weighted by Gasteiger charge is 2.16. The first kappa shape index (κ1) is 18.1. The molecule has 1 fully saturated rings. The number of hydrogen-bond acceptors (Lipinski definition) is 7. The minimum atomic E-state index is -0.280. The Balaban J connectivity index is 1.39. The van der Waals surface area contributed by atoms with E-state index >= 15 is 0 Å². The summed E-state index contributed by atoms with van der Waals surface area (Å²) < 4.78 is 5.08. The zero-order valence-corrected chi connectivity index (χ0v) is 15.3. The van der Waals surface area contributed by atoms with E-state index in [1.165, 1.54) is 24.8 Å². The van der Waals surface area contributed by atoms with E-state index in [1.807, 2.05) is 21.6 Å². The van der Waals surface area contributed by atoms with E-state index in [9.17, 15) is 9.59 Å². The lowest BCUT2D eigenvalue weighted by Gasteiger charge is -2.06. The van der Waals surface area contributed by atoms with Crippen molar-refractivity contribution in [3.8, 4) is 11.4 Å². The van der Waals surface area contributed by atoms with Gasteiger partial charge in [-0.1, -0.05) is 33.2 Å². The zero-order valence-electron chi connectivity index (χ0n) is 13.7. The number of rotatable bonds is 8. The van der Waals surface area contributed by atoms with Crippen molar-refractivity contribution >= 4 is 27.5 Å². The Labute approximate surface area is 153 Å². The fourth-order valence-electron chi connectivity index (χ4n) is 2.52. The summed E-state index contributed by atoms with van der Waals surface area (Å²) in [6, 6.07) is 3.31. The molecule has 1 atom stereocenters. The molecule has 0 bridgehead atoms. The molecule has 1 saturated heterocycles. The van der Waals surface area contributed by atoms with Crippen LogP contribution in [0, 0.1) is 0 Å². The second-order valence-electron chi connectivity index (χ2n) is 5.78. The van der Waals surface area contributed by atoms with Gasteiger partial charge >= 0.3 is 0 Å². The number of pyridine rings is 1. The number of nitrogens with one attached hydrogen (secondary N) is 2. The van der Waals surface area contributed by atoms with Crippen LogP contribution in [0.3, 0.4) is 0 Å². The number of amides is 1. The maximum atomic E-state index is 11.9. The van der Waals surface area contributed by atoms with E-state index in [0.717, 1.165) is 18.1 Å². The maximum Gasteiger partial charge on any atom is 0.259 e. The molecular weight excluding hydrogens is 360 g/mol. The minimum Gasteiger partial charge on any atom is -0.347 e. The van der Waals surface area contributed by atoms with Gasteiger partial charge < -0.3 is 14.8 Å². The molecule has 25 heavy (non-hydrogen) atoms. The Bertz CT molecular complexity index is 756. The molecule has 1 aliphatic heterocycles. The fraction of sp³-hybridized carbons (Fsp3) is 0.500. The lowest BCUT2D eigenvalue weighted by molar-refractivity contribution is -0.121. The molecule has 3 rings (SSSR count). The number of unbranched alkanes of at least 4 members (excludes halogenated alkanes) is 1. The Morgan fingerprint density at radius 1 is 1.44 bits per heavy atom. The van der Waals surface area contributed by atoms with Crippen LogP contribution in [0.2, 0.25) is 0 Å². The molecule has 0 radical (unpaired) electrons. The number of carbonyl (C=O) groups excluding carboxylic acids is 1. The van der Waals surface area contributed by atoms with Gasteiger partial charge in [0.05, 0.1) is 12.1 Å². The van der Waals surface area contributed by atoms with Gasteiger partial charge in [-0.3, -0.25) is 9.59 Å². The third-order valence-electron chi connectivity index (χ3n) is 3.87. The molecule has 3 heterocycles. The van der Waals surface area contributed by atoms with Crippen molar-refractivity contribution < 1.29 is 9.32 Å². The molecule has 2 aromatic heterocycles. The molecule has 0 aromatic carbocycles. The SMILES string of the molecule is O=C(CCCC[C@H]1CCSS1)NCc1nc(-c2ccc[nH]c2=O)no1. The second-order valence-corrected chi connectivity index (χ2v) is 8.56. The molecule has 9 heteroatoms. The Hall–Kier alpha value is -1.74. The fourth-order valence-corrected chi connectivity index (χ4v) is 5.55. The van der Waals surface area contributed by atoms with Crippen LogP contribution in [-0.2, 0) is 11.3 Å². The number of aromatic amines is 1. The summed E-state index contributed by atoms with van der Waals surface area (Å²) >= 11 is 0. The quantitative estimate of drug-likeness (QED) is 0.536. The molecule has 0 aliphatic carbocycles. The summed E-state index contributed by atoms with van der Waals surface area (Å²) in [5, 5.41) is 7.31. The van der Waals surface area contributed by atoms with E-state index in [-0.39, 0.29) is 29.7 Å². The van der Waals surface area contributed by atoms with Crippen molar-refractivity contribution in [1.29, 1.82) is 0 Å². The first-order valence-corrected chi connectivity index (χ1v) is 10.7. The summed E-state index contributed by atoms with van der Waals surface area (Å²) in [4.78, 5) is 30.3. The monoisotopic (exact) mass is 380 g/mol. The van der Waals surface area contributed by atoms with Crippen LogP contribution in [0.4, 0.5) is 0 Å². The largest absolute Gasteiger partial charge is 0.347 e. The van der Waals surface area contributed by atoms with Crippen LogP contribution in [0.5, 0.6) is 0 Å². The predicted molar refractivity (Wildman–Crippen MR) is 99.1 cm³/mol. The van der Waals surface area contributed by atoms with Crippen molar-refractivity contribution in [1.82, 2.24) is 20.4 Å². The van der Waals surface area contributed by atoms with Gasteiger partial charge in [-0.2, -0.15) is 4.98 Å². The topological polar surface area (TPSA) is 101 Å². The third-order valence-corrected chi connectivity index (χ3v) is 6.88.